The lowest BCUT2D eigenvalue weighted by molar-refractivity contribution is 0.0957. The first-order chi connectivity index (χ1) is 9.60. The van der Waals surface area contributed by atoms with E-state index in [9.17, 15) is 4.79 Å². The number of hydrogen-bond acceptors (Lipinski definition) is 6. The van der Waals surface area contributed by atoms with Gasteiger partial charge in [-0.25, -0.2) is 10.8 Å². The molecule has 0 saturated heterocycles. The van der Waals surface area contributed by atoms with Crippen LogP contribution >= 0.6 is 11.3 Å². The Bertz CT molecular complexity index is 640. The molecule has 7 heteroatoms. The summed E-state index contributed by atoms with van der Waals surface area (Å²) in [6.45, 7) is 1.77. The smallest absolute Gasteiger partial charge is 0.277 e. The Labute approximate surface area is 120 Å². The third-order valence-corrected chi connectivity index (χ3v) is 3.97. The first kappa shape index (κ1) is 14.3. The molecule has 0 radical (unpaired) electrons. The molecular formula is C13H15N3O3S. The number of aryl methyl sites for hydroxylation is 1. The molecule has 0 bridgehead atoms. The fourth-order valence-corrected chi connectivity index (χ4v) is 2.73. The van der Waals surface area contributed by atoms with Crippen LogP contribution in [0, 0.1) is 6.92 Å². The van der Waals surface area contributed by atoms with Crippen molar-refractivity contribution in [2.45, 2.75) is 6.92 Å². The molecule has 6 nitrogen and oxygen atoms in total. The van der Waals surface area contributed by atoms with Crippen LogP contribution in [0.4, 0.5) is 0 Å². The molecule has 2 rings (SSSR count). The summed E-state index contributed by atoms with van der Waals surface area (Å²) in [6.07, 6.45) is 0. The number of nitrogens with one attached hydrogen (secondary N) is 1. The van der Waals surface area contributed by atoms with E-state index in [1.54, 1.807) is 27.2 Å². The van der Waals surface area contributed by atoms with Crippen molar-refractivity contribution in [3.05, 3.63) is 28.8 Å². The standard InChI is InChI=1S/C13H15N3O3S/c1-7-11(12(17)16-14)20-13(15-7)8-4-5-9(18-2)10(6-8)19-3/h4-6H,14H2,1-3H3,(H,16,17). The van der Waals surface area contributed by atoms with Crippen molar-refractivity contribution in [2.24, 2.45) is 5.84 Å². The van der Waals surface area contributed by atoms with Crippen molar-refractivity contribution < 1.29 is 14.3 Å². The Balaban J connectivity index is 2.44. The number of benzene rings is 1. The summed E-state index contributed by atoms with van der Waals surface area (Å²) in [7, 11) is 3.15. The van der Waals surface area contributed by atoms with E-state index in [0.29, 0.717) is 22.1 Å². The molecule has 0 aliphatic carbocycles. The lowest BCUT2D eigenvalue weighted by Crippen LogP contribution is -2.29. The number of ether oxygens (including phenoxy) is 2. The minimum atomic E-state index is -0.341. The van der Waals surface area contributed by atoms with E-state index in [1.165, 1.54) is 11.3 Å². The van der Waals surface area contributed by atoms with Crippen molar-refractivity contribution in [1.82, 2.24) is 10.4 Å². The number of carbonyl (C=O) groups excluding carboxylic acids is 1. The van der Waals surface area contributed by atoms with E-state index in [-0.39, 0.29) is 5.91 Å². The number of methoxy groups -OCH3 is 2. The van der Waals surface area contributed by atoms with E-state index in [2.05, 4.69) is 10.4 Å². The highest BCUT2D eigenvalue weighted by molar-refractivity contribution is 7.17. The van der Waals surface area contributed by atoms with E-state index in [4.69, 9.17) is 15.3 Å². The number of carbonyl (C=O) groups is 1. The summed E-state index contributed by atoms with van der Waals surface area (Å²) in [6, 6.07) is 5.48. The van der Waals surface area contributed by atoms with Gasteiger partial charge in [-0.15, -0.1) is 11.3 Å². The van der Waals surface area contributed by atoms with Crippen LogP contribution in [0.2, 0.25) is 0 Å². The number of aromatic nitrogens is 1. The zero-order chi connectivity index (χ0) is 14.7. The average Bonchev–Trinajstić information content (AvgIpc) is 2.87. The maximum atomic E-state index is 11.6. The van der Waals surface area contributed by atoms with Crippen LogP contribution in [-0.4, -0.2) is 25.1 Å². The molecule has 1 heterocycles. The van der Waals surface area contributed by atoms with Gasteiger partial charge in [-0.2, -0.15) is 0 Å². The van der Waals surface area contributed by atoms with Crippen molar-refractivity contribution in [3.8, 4) is 22.1 Å². The van der Waals surface area contributed by atoms with Gasteiger partial charge in [0.15, 0.2) is 11.5 Å². The van der Waals surface area contributed by atoms with Crippen molar-refractivity contribution in [1.29, 1.82) is 0 Å². The number of hydrogen-bond donors (Lipinski definition) is 2. The monoisotopic (exact) mass is 293 g/mol. The molecule has 0 unspecified atom stereocenters. The highest BCUT2D eigenvalue weighted by atomic mass is 32.1. The summed E-state index contributed by atoms with van der Waals surface area (Å²) < 4.78 is 10.4. The summed E-state index contributed by atoms with van der Waals surface area (Å²) >= 11 is 1.28. The number of hydrazine groups is 1. The lowest BCUT2D eigenvalue weighted by atomic mass is 10.2. The zero-order valence-electron chi connectivity index (χ0n) is 11.4. The molecule has 1 aromatic carbocycles. The van der Waals surface area contributed by atoms with Gasteiger partial charge >= 0.3 is 0 Å². The normalized spacial score (nSPS) is 10.2. The number of thiazole rings is 1. The third-order valence-electron chi connectivity index (χ3n) is 2.76. The van der Waals surface area contributed by atoms with Gasteiger partial charge < -0.3 is 9.47 Å². The molecule has 3 N–H and O–H groups in total. The first-order valence-corrected chi connectivity index (χ1v) is 6.63. The van der Waals surface area contributed by atoms with E-state index < -0.39 is 0 Å². The van der Waals surface area contributed by atoms with Gasteiger partial charge in [0, 0.05) is 5.56 Å². The average molecular weight is 293 g/mol. The summed E-state index contributed by atoms with van der Waals surface area (Å²) in [4.78, 5) is 16.5. The molecule has 0 saturated carbocycles. The van der Waals surface area contributed by atoms with Crippen LogP contribution in [0.15, 0.2) is 18.2 Å². The molecule has 0 aliphatic heterocycles. The second kappa shape index (κ2) is 5.89. The minimum absolute atomic E-state index is 0.341. The SMILES string of the molecule is COc1ccc(-c2nc(C)c(C(=O)NN)s2)cc1OC. The molecular weight excluding hydrogens is 278 g/mol. The number of amides is 1. The van der Waals surface area contributed by atoms with Crippen molar-refractivity contribution in [2.75, 3.05) is 14.2 Å². The molecule has 0 aliphatic rings. The zero-order valence-corrected chi connectivity index (χ0v) is 12.2. The molecule has 20 heavy (non-hydrogen) atoms. The molecule has 1 amide bonds. The Morgan fingerprint density at radius 3 is 2.60 bits per heavy atom. The Morgan fingerprint density at radius 2 is 2.00 bits per heavy atom. The molecule has 1 aromatic heterocycles. The highest BCUT2D eigenvalue weighted by Crippen LogP contribution is 2.34. The van der Waals surface area contributed by atoms with Gasteiger partial charge in [-0.05, 0) is 25.1 Å². The second-order valence-electron chi connectivity index (χ2n) is 3.98. The summed E-state index contributed by atoms with van der Waals surface area (Å²) in [5.74, 6) is 6.06. The Hall–Kier alpha value is -2.12. The van der Waals surface area contributed by atoms with Crippen LogP contribution in [0.3, 0.4) is 0 Å². The van der Waals surface area contributed by atoms with Gasteiger partial charge in [-0.1, -0.05) is 0 Å². The van der Waals surface area contributed by atoms with Gasteiger partial charge in [0.25, 0.3) is 5.91 Å². The maximum Gasteiger partial charge on any atom is 0.277 e. The fraction of sp³-hybridized carbons (Fsp3) is 0.231. The van der Waals surface area contributed by atoms with Gasteiger partial charge in [-0.3, -0.25) is 10.2 Å². The molecule has 0 fully saturated rings. The predicted octanol–water partition coefficient (Wildman–Crippen LogP) is 1.74. The highest BCUT2D eigenvalue weighted by Gasteiger charge is 2.16. The van der Waals surface area contributed by atoms with Gasteiger partial charge in [0.1, 0.15) is 9.88 Å². The van der Waals surface area contributed by atoms with Crippen LogP contribution in [-0.2, 0) is 0 Å². The number of nitrogens with two attached hydrogens (primary N) is 1. The first-order valence-electron chi connectivity index (χ1n) is 5.81. The summed E-state index contributed by atoms with van der Waals surface area (Å²) in [5.41, 5.74) is 3.61. The van der Waals surface area contributed by atoms with Gasteiger partial charge in [0.05, 0.1) is 19.9 Å². The van der Waals surface area contributed by atoms with Crippen molar-refractivity contribution in [3.63, 3.8) is 0 Å². The van der Waals surface area contributed by atoms with Gasteiger partial charge in [0.2, 0.25) is 0 Å². The molecule has 106 valence electrons. The quantitative estimate of drug-likeness (QED) is 0.509. The van der Waals surface area contributed by atoms with E-state index >= 15 is 0 Å². The van der Waals surface area contributed by atoms with Crippen LogP contribution in [0.1, 0.15) is 15.4 Å². The topological polar surface area (TPSA) is 86.5 Å². The number of rotatable bonds is 4. The van der Waals surface area contributed by atoms with E-state index in [1.807, 2.05) is 12.1 Å². The van der Waals surface area contributed by atoms with Crippen LogP contribution in [0.5, 0.6) is 11.5 Å². The Kier molecular flexibility index (Phi) is 4.21. The number of nitrogen functional groups attached to an aromatic ring is 1. The van der Waals surface area contributed by atoms with Crippen LogP contribution < -0.4 is 20.7 Å². The number of nitrogens with zero attached hydrogens (tertiary/aromatic N) is 1. The fourth-order valence-electron chi connectivity index (χ4n) is 1.77. The van der Waals surface area contributed by atoms with E-state index in [0.717, 1.165) is 10.6 Å². The van der Waals surface area contributed by atoms with Crippen molar-refractivity contribution >= 4 is 17.2 Å². The largest absolute Gasteiger partial charge is 0.493 e. The van der Waals surface area contributed by atoms with Crippen LogP contribution in [0.25, 0.3) is 10.6 Å². The maximum absolute atomic E-state index is 11.6. The molecule has 2 aromatic rings. The third kappa shape index (κ3) is 2.59. The molecule has 0 atom stereocenters. The summed E-state index contributed by atoms with van der Waals surface area (Å²) in [5, 5.41) is 0.724. The Morgan fingerprint density at radius 1 is 1.30 bits per heavy atom. The second-order valence-corrected chi connectivity index (χ2v) is 4.98. The molecule has 0 spiro atoms. The lowest BCUT2D eigenvalue weighted by Gasteiger charge is -2.08. The predicted molar refractivity (Wildman–Crippen MR) is 77.0 cm³/mol. The minimum Gasteiger partial charge on any atom is -0.493 e.